The molecule has 2 unspecified atom stereocenters. The highest BCUT2D eigenvalue weighted by atomic mass is 16.7. The summed E-state index contributed by atoms with van der Waals surface area (Å²) >= 11 is 0. The molecule has 92 heavy (non-hydrogen) atoms. The van der Waals surface area contributed by atoms with Crippen LogP contribution in [0.1, 0.15) is 225 Å². The molecule has 0 aliphatic carbocycles. The molecule has 518 valence electrons. The fourth-order valence-electron chi connectivity index (χ4n) is 11.5. The molecule has 0 saturated carbocycles. The summed E-state index contributed by atoms with van der Waals surface area (Å²) in [5.74, 6) is -1.64. The first kappa shape index (κ1) is 80.5. The van der Waals surface area contributed by atoms with Crippen molar-refractivity contribution in [3.8, 4) is 0 Å². The Balaban J connectivity index is 0.0000110. The molecule has 2 aliphatic heterocycles. The minimum absolute atomic E-state index is 0. The Morgan fingerprint density at radius 1 is 0.478 bits per heavy atom. The van der Waals surface area contributed by atoms with Gasteiger partial charge in [0.05, 0.1) is 30.3 Å². The Hall–Kier alpha value is -5.72. The third kappa shape index (κ3) is 33.9. The third-order valence-corrected chi connectivity index (χ3v) is 16.7. The molecule has 5 rings (SSSR count). The van der Waals surface area contributed by atoms with Crippen LogP contribution in [0.15, 0.2) is 91.0 Å². The van der Waals surface area contributed by atoms with Crippen molar-refractivity contribution in [2.75, 3.05) is 85.2 Å². The van der Waals surface area contributed by atoms with E-state index in [-0.39, 0.29) is 70.2 Å². The number of ether oxygens (including phenoxy) is 7. The van der Waals surface area contributed by atoms with E-state index in [1.807, 2.05) is 103 Å². The molecule has 2 fully saturated rings. The van der Waals surface area contributed by atoms with Gasteiger partial charge in [0, 0.05) is 71.2 Å². The van der Waals surface area contributed by atoms with E-state index in [2.05, 4.69) is 14.7 Å². The van der Waals surface area contributed by atoms with E-state index in [0.717, 1.165) is 115 Å². The van der Waals surface area contributed by atoms with Gasteiger partial charge >= 0.3 is 29.8 Å². The van der Waals surface area contributed by atoms with Crippen LogP contribution in [0, 0.1) is 11.8 Å². The van der Waals surface area contributed by atoms with Crippen molar-refractivity contribution in [3.63, 3.8) is 0 Å². The summed E-state index contributed by atoms with van der Waals surface area (Å²) in [6, 6.07) is 27.5. The highest BCUT2D eigenvalue weighted by Gasteiger charge is 2.45. The van der Waals surface area contributed by atoms with Gasteiger partial charge in [-0.25, -0.2) is 9.59 Å². The van der Waals surface area contributed by atoms with Crippen molar-refractivity contribution in [1.82, 2.24) is 19.6 Å². The fourth-order valence-corrected chi connectivity index (χ4v) is 11.5. The lowest BCUT2D eigenvalue weighted by Crippen LogP contribution is -2.53. The number of benzene rings is 3. The van der Waals surface area contributed by atoms with Gasteiger partial charge in [-0.3, -0.25) is 29.0 Å². The average molecular weight is 1290 g/mol. The minimum Gasteiger partial charge on any atom is -0.461 e. The predicted octanol–water partition coefficient (Wildman–Crippen LogP) is 14.3. The lowest BCUT2D eigenvalue weighted by atomic mass is 9.83. The van der Waals surface area contributed by atoms with Crippen LogP contribution in [-0.2, 0) is 58.9 Å². The standard InChI is InChI=1S/C73H112N4O13.2CH4/c1-58-59(2)68(88-70(83)62-40-28-23-29-41-62)71(87-63(58)57-86-69(82)61-38-26-22-27-39-61)84-53-33-20-16-12-13-17-30-42-64(78)77-48-35-45-74(44-32-19-15-11-9-10-14-18-31-43-65(79)85-56-60-36-24-21-25-37-60)49-50-75(54-66(80)89-72(3,4)5)46-34-47-76(51-52-77)55-67(81)90-73(6,7)8;;/h21-29,36-41,58-59,63,68,71H,9-20,30-35,42-57H2,1-8H3;2*1H4/t58-,59-,63?,68?,71+;;/m0../s1. The SMILES string of the molecule is C.C.C[C@@H]1C(COC(=O)c2ccccc2)O[C@@H](OCCCCCCCCCC(=O)N2CCCN(CCCCCCCCCCCC(=O)OCc3ccccc3)CCN(CC(=O)OC(C)(C)C)CCCN(CC(=O)OC(C)(C)C)CC2)C(OC(=O)c2ccccc2)[C@H]1C. The molecule has 3 aromatic rings. The second-order valence-corrected chi connectivity index (χ2v) is 26.8. The van der Waals surface area contributed by atoms with E-state index >= 15 is 0 Å². The van der Waals surface area contributed by atoms with E-state index in [0.29, 0.717) is 76.5 Å². The second kappa shape index (κ2) is 44.8. The maximum absolute atomic E-state index is 14.2. The van der Waals surface area contributed by atoms with Crippen LogP contribution < -0.4 is 0 Å². The van der Waals surface area contributed by atoms with Crippen LogP contribution in [0.4, 0.5) is 0 Å². The quantitative estimate of drug-likeness (QED) is 0.0313. The molecule has 0 spiro atoms. The molecule has 17 heteroatoms. The molecule has 3 aromatic carbocycles. The number of esters is 5. The second-order valence-electron chi connectivity index (χ2n) is 26.8. The number of nitrogens with zero attached hydrogens (tertiary/aromatic N) is 4. The van der Waals surface area contributed by atoms with Crippen LogP contribution >= 0.6 is 0 Å². The van der Waals surface area contributed by atoms with Crippen molar-refractivity contribution in [3.05, 3.63) is 108 Å². The number of hydrogen-bond acceptors (Lipinski definition) is 16. The number of amides is 1. The molecule has 0 N–H and O–H groups in total. The Kier molecular flexibility index (Phi) is 39.2. The normalized spacial score (nSPS) is 19.1. The molecule has 0 bridgehead atoms. The molecule has 5 atom stereocenters. The fraction of sp³-hybridized carbons (Fsp3) is 0.680. The first-order valence-corrected chi connectivity index (χ1v) is 34.1. The lowest BCUT2D eigenvalue weighted by Gasteiger charge is -2.43. The summed E-state index contributed by atoms with van der Waals surface area (Å²) < 4.78 is 41.6. The molecule has 0 aromatic heterocycles. The summed E-state index contributed by atoms with van der Waals surface area (Å²) in [7, 11) is 0. The Morgan fingerprint density at radius 2 is 0.935 bits per heavy atom. The maximum atomic E-state index is 14.2. The van der Waals surface area contributed by atoms with E-state index in [1.54, 1.807) is 48.5 Å². The molecule has 2 aliphatic rings. The smallest absolute Gasteiger partial charge is 0.338 e. The number of carbonyl (C=O) groups excluding carboxylic acids is 6. The summed E-state index contributed by atoms with van der Waals surface area (Å²) in [4.78, 5) is 87.9. The molecular weight excluding hydrogens is 1160 g/mol. The molecule has 0 radical (unpaired) electrons. The zero-order valence-corrected chi connectivity index (χ0v) is 56.2. The van der Waals surface area contributed by atoms with Crippen molar-refractivity contribution < 1.29 is 61.9 Å². The van der Waals surface area contributed by atoms with Crippen LogP contribution in [0.25, 0.3) is 0 Å². The van der Waals surface area contributed by atoms with Crippen LogP contribution in [-0.4, -0.2) is 170 Å². The third-order valence-electron chi connectivity index (χ3n) is 16.7. The number of rotatable bonds is 34. The van der Waals surface area contributed by atoms with Crippen LogP contribution in [0.5, 0.6) is 0 Å². The average Bonchev–Trinajstić information content (AvgIpc) is 1.07. The van der Waals surface area contributed by atoms with Crippen molar-refractivity contribution in [2.24, 2.45) is 11.8 Å². The van der Waals surface area contributed by atoms with E-state index in [9.17, 15) is 28.8 Å². The van der Waals surface area contributed by atoms with Gasteiger partial charge in [0.2, 0.25) is 5.91 Å². The number of hydrogen-bond donors (Lipinski definition) is 0. The molecule has 1 amide bonds. The Bertz CT molecular complexity index is 2510. The first-order chi connectivity index (χ1) is 43.2. The van der Waals surface area contributed by atoms with Crippen molar-refractivity contribution >= 4 is 35.8 Å². The zero-order chi connectivity index (χ0) is 65.0. The number of unbranched alkanes of at least 4 members (excludes halogenated alkanes) is 14. The Labute approximate surface area is 554 Å². The van der Waals surface area contributed by atoms with E-state index in [4.69, 9.17) is 33.2 Å². The summed E-state index contributed by atoms with van der Waals surface area (Å²) in [5, 5.41) is 0. The molecular formula is C75H120N4O13. The minimum atomic E-state index is -0.834. The summed E-state index contributed by atoms with van der Waals surface area (Å²) in [6.45, 7) is 22.6. The van der Waals surface area contributed by atoms with Gasteiger partial charge < -0.3 is 43.0 Å². The monoisotopic (exact) mass is 1280 g/mol. The predicted molar refractivity (Wildman–Crippen MR) is 365 cm³/mol. The summed E-state index contributed by atoms with van der Waals surface area (Å²) in [6.07, 6.45) is 17.0. The Morgan fingerprint density at radius 3 is 1.49 bits per heavy atom. The van der Waals surface area contributed by atoms with Gasteiger partial charge in [-0.1, -0.05) is 172 Å². The maximum Gasteiger partial charge on any atom is 0.338 e. The molecule has 17 nitrogen and oxygen atoms in total. The zero-order valence-electron chi connectivity index (χ0n) is 56.2. The van der Waals surface area contributed by atoms with E-state index in [1.165, 1.54) is 25.7 Å². The van der Waals surface area contributed by atoms with Crippen molar-refractivity contribution in [2.45, 2.75) is 235 Å². The van der Waals surface area contributed by atoms with Crippen molar-refractivity contribution in [1.29, 1.82) is 0 Å². The van der Waals surface area contributed by atoms with Crippen LogP contribution in [0.2, 0.25) is 0 Å². The first-order valence-electron chi connectivity index (χ1n) is 34.1. The van der Waals surface area contributed by atoms with Gasteiger partial charge in [0.15, 0.2) is 12.4 Å². The van der Waals surface area contributed by atoms with Gasteiger partial charge in [-0.15, -0.1) is 0 Å². The van der Waals surface area contributed by atoms with Crippen LogP contribution in [0.3, 0.4) is 0 Å². The molecule has 2 saturated heterocycles. The van der Waals surface area contributed by atoms with Gasteiger partial charge in [-0.05, 0) is 129 Å². The van der Waals surface area contributed by atoms with Gasteiger partial charge in [-0.2, -0.15) is 0 Å². The highest BCUT2D eigenvalue weighted by Crippen LogP contribution is 2.34. The molecule has 2 heterocycles. The lowest BCUT2D eigenvalue weighted by molar-refractivity contribution is -0.274. The van der Waals surface area contributed by atoms with Gasteiger partial charge in [0.1, 0.15) is 24.4 Å². The summed E-state index contributed by atoms with van der Waals surface area (Å²) in [5.41, 5.74) is 0.703. The van der Waals surface area contributed by atoms with E-state index < -0.39 is 41.6 Å². The van der Waals surface area contributed by atoms with Gasteiger partial charge in [0.25, 0.3) is 0 Å². The topological polar surface area (TPSA) is 180 Å². The largest absolute Gasteiger partial charge is 0.461 e. The highest BCUT2D eigenvalue weighted by molar-refractivity contribution is 5.90. The number of carbonyl (C=O) groups is 6.